The topological polar surface area (TPSA) is 17.1 Å². The van der Waals surface area contributed by atoms with E-state index in [2.05, 4.69) is 22.6 Å². The average Bonchev–Trinajstić information content (AvgIpc) is 2.04. The summed E-state index contributed by atoms with van der Waals surface area (Å²) in [4.78, 5) is 11.2. The van der Waals surface area contributed by atoms with Gasteiger partial charge in [0.1, 0.15) is 5.78 Å². The number of halogens is 1. The minimum absolute atomic E-state index is 0.389. The van der Waals surface area contributed by atoms with E-state index in [4.69, 9.17) is 0 Å². The predicted molar refractivity (Wildman–Crippen MR) is 55.0 cm³/mol. The molecule has 1 fully saturated rings. The van der Waals surface area contributed by atoms with Gasteiger partial charge in [-0.1, -0.05) is 35.4 Å². The fourth-order valence-corrected chi connectivity index (χ4v) is 2.98. The normalized spacial score (nSPS) is 31.8. The second kappa shape index (κ2) is 4.43. The maximum absolute atomic E-state index is 11.2. The fraction of sp³-hybridized carbons (Fsp3) is 0.889. The van der Waals surface area contributed by atoms with Gasteiger partial charge in [0, 0.05) is 10.3 Å². The lowest BCUT2D eigenvalue weighted by atomic mass is 9.78. The zero-order chi connectivity index (χ0) is 8.27. The zero-order valence-electron chi connectivity index (χ0n) is 6.98. The first-order valence-electron chi connectivity index (χ1n) is 4.32. The molecular formula is C9H15IO. The molecule has 11 heavy (non-hydrogen) atoms. The zero-order valence-corrected chi connectivity index (χ0v) is 9.13. The number of Topliss-reactive ketones (excluding diaryl/α,β-unsaturated/α-hetero) is 1. The van der Waals surface area contributed by atoms with Crippen molar-refractivity contribution in [1.29, 1.82) is 0 Å². The second-order valence-corrected chi connectivity index (χ2v) is 4.30. The number of rotatable bonds is 2. The molecule has 0 unspecified atom stereocenters. The van der Waals surface area contributed by atoms with Crippen LogP contribution >= 0.6 is 22.6 Å². The highest BCUT2D eigenvalue weighted by Gasteiger charge is 2.27. The van der Waals surface area contributed by atoms with Crippen molar-refractivity contribution in [3.05, 3.63) is 0 Å². The highest BCUT2D eigenvalue weighted by molar-refractivity contribution is 14.1. The van der Waals surface area contributed by atoms with Gasteiger partial charge < -0.3 is 0 Å². The summed E-state index contributed by atoms with van der Waals surface area (Å²) in [5.41, 5.74) is 0. The van der Waals surface area contributed by atoms with E-state index in [1.807, 2.05) is 0 Å². The van der Waals surface area contributed by atoms with Gasteiger partial charge >= 0.3 is 0 Å². The van der Waals surface area contributed by atoms with Crippen molar-refractivity contribution in [2.75, 3.05) is 4.43 Å². The lowest BCUT2D eigenvalue weighted by Gasteiger charge is -2.27. The van der Waals surface area contributed by atoms with Crippen molar-refractivity contribution in [2.24, 2.45) is 11.8 Å². The molecule has 0 radical (unpaired) electrons. The van der Waals surface area contributed by atoms with E-state index in [-0.39, 0.29) is 0 Å². The molecule has 2 atom stereocenters. The number of hydrogen-bond acceptors (Lipinski definition) is 1. The summed E-state index contributed by atoms with van der Waals surface area (Å²) in [6.07, 6.45) is 5.00. The first kappa shape index (κ1) is 9.49. The van der Waals surface area contributed by atoms with E-state index >= 15 is 0 Å². The SMILES string of the molecule is CC(=O)[C@H]1CCCC[C@H]1CI. The van der Waals surface area contributed by atoms with Crippen molar-refractivity contribution in [3.8, 4) is 0 Å². The molecule has 0 aromatic heterocycles. The van der Waals surface area contributed by atoms with E-state index in [0.717, 1.165) is 10.8 Å². The van der Waals surface area contributed by atoms with Crippen LogP contribution in [0.25, 0.3) is 0 Å². The first-order valence-corrected chi connectivity index (χ1v) is 5.84. The molecule has 1 aliphatic carbocycles. The van der Waals surface area contributed by atoms with Crippen LogP contribution in [0, 0.1) is 11.8 Å². The Morgan fingerprint density at radius 2 is 2.09 bits per heavy atom. The van der Waals surface area contributed by atoms with Crippen LogP contribution in [0.2, 0.25) is 0 Å². The summed E-state index contributed by atoms with van der Waals surface area (Å²) in [7, 11) is 0. The minimum Gasteiger partial charge on any atom is -0.300 e. The van der Waals surface area contributed by atoms with E-state index in [1.165, 1.54) is 19.3 Å². The Balaban J connectivity index is 2.51. The standard InChI is InChI=1S/C9H15IO/c1-7(11)9-5-3-2-4-8(9)6-10/h8-9H,2-6H2,1H3/t8-,9+/m0/s1. The van der Waals surface area contributed by atoms with Crippen molar-refractivity contribution in [2.45, 2.75) is 32.6 Å². The number of alkyl halides is 1. The molecule has 0 N–H and O–H groups in total. The summed E-state index contributed by atoms with van der Waals surface area (Å²) in [6.45, 7) is 1.75. The Kier molecular flexibility index (Phi) is 3.82. The molecule has 64 valence electrons. The van der Waals surface area contributed by atoms with Gasteiger partial charge in [0.05, 0.1) is 0 Å². The molecule has 1 aliphatic rings. The van der Waals surface area contributed by atoms with E-state index in [0.29, 0.717) is 17.6 Å². The molecule has 1 rings (SSSR count). The van der Waals surface area contributed by atoms with Crippen LogP contribution in [0.15, 0.2) is 0 Å². The predicted octanol–water partition coefficient (Wildman–Crippen LogP) is 2.82. The molecular weight excluding hydrogens is 251 g/mol. The Morgan fingerprint density at radius 3 is 2.55 bits per heavy atom. The average molecular weight is 266 g/mol. The molecule has 0 aromatic carbocycles. The number of hydrogen-bond donors (Lipinski definition) is 0. The van der Waals surface area contributed by atoms with E-state index in [9.17, 15) is 4.79 Å². The summed E-state index contributed by atoms with van der Waals surface area (Å²) in [5.74, 6) is 1.48. The van der Waals surface area contributed by atoms with Crippen LogP contribution in [0.1, 0.15) is 32.6 Å². The summed E-state index contributed by atoms with van der Waals surface area (Å²) in [6, 6.07) is 0. The summed E-state index contributed by atoms with van der Waals surface area (Å²) in [5, 5.41) is 0. The van der Waals surface area contributed by atoms with Crippen molar-refractivity contribution in [1.82, 2.24) is 0 Å². The molecule has 0 aliphatic heterocycles. The molecule has 0 spiro atoms. The molecule has 0 amide bonds. The highest BCUT2D eigenvalue weighted by atomic mass is 127. The molecule has 2 heteroatoms. The van der Waals surface area contributed by atoms with Crippen LogP contribution in [-0.4, -0.2) is 10.2 Å². The van der Waals surface area contributed by atoms with Crippen molar-refractivity contribution in [3.63, 3.8) is 0 Å². The van der Waals surface area contributed by atoms with Gasteiger partial charge in [0.2, 0.25) is 0 Å². The lowest BCUT2D eigenvalue weighted by Crippen LogP contribution is -2.26. The molecule has 1 nitrogen and oxygen atoms in total. The first-order chi connectivity index (χ1) is 5.25. The largest absolute Gasteiger partial charge is 0.300 e. The van der Waals surface area contributed by atoms with E-state index < -0.39 is 0 Å². The maximum Gasteiger partial charge on any atom is 0.133 e. The molecule has 0 heterocycles. The molecule has 0 aromatic rings. The van der Waals surface area contributed by atoms with Gasteiger partial charge in [0.15, 0.2) is 0 Å². The molecule has 0 bridgehead atoms. The van der Waals surface area contributed by atoms with Crippen molar-refractivity contribution < 1.29 is 4.79 Å². The lowest BCUT2D eigenvalue weighted by molar-refractivity contribution is -0.123. The number of carbonyl (C=O) groups excluding carboxylic acids is 1. The summed E-state index contributed by atoms with van der Waals surface area (Å²) >= 11 is 2.40. The van der Waals surface area contributed by atoms with Gasteiger partial charge in [-0.2, -0.15) is 0 Å². The minimum atomic E-state index is 0.389. The van der Waals surface area contributed by atoms with Crippen LogP contribution < -0.4 is 0 Å². The molecule has 0 saturated heterocycles. The third kappa shape index (κ3) is 2.42. The van der Waals surface area contributed by atoms with Crippen LogP contribution in [-0.2, 0) is 4.79 Å². The Bertz CT molecular complexity index is 144. The third-order valence-electron chi connectivity index (χ3n) is 2.63. The Hall–Kier alpha value is 0.400. The quantitative estimate of drug-likeness (QED) is 0.555. The smallest absolute Gasteiger partial charge is 0.133 e. The Morgan fingerprint density at radius 1 is 1.45 bits per heavy atom. The maximum atomic E-state index is 11.2. The van der Waals surface area contributed by atoms with Gasteiger partial charge in [-0.15, -0.1) is 0 Å². The van der Waals surface area contributed by atoms with Gasteiger partial charge in [-0.05, 0) is 25.7 Å². The van der Waals surface area contributed by atoms with Gasteiger partial charge in [-0.3, -0.25) is 4.79 Å². The number of carbonyl (C=O) groups is 1. The van der Waals surface area contributed by atoms with Crippen molar-refractivity contribution >= 4 is 28.4 Å². The second-order valence-electron chi connectivity index (χ2n) is 3.42. The van der Waals surface area contributed by atoms with Gasteiger partial charge in [0.25, 0.3) is 0 Å². The molecule has 1 saturated carbocycles. The fourth-order valence-electron chi connectivity index (χ4n) is 1.93. The Labute approximate surface area is 82.1 Å². The monoisotopic (exact) mass is 266 g/mol. The number of ketones is 1. The third-order valence-corrected chi connectivity index (χ3v) is 3.76. The van der Waals surface area contributed by atoms with Gasteiger partial charge in [-0.25, -0.2) is 0 Å². The van der Waals surface area contributed by atoms with Crippen LogP contribution in [0.3, 0.4) is 0 Å². The van der Waals surface area contributed by atoms with Crippen LogP contribution in [0.5, 0.6) is 0 Å². The summed E-state index contributed by atoms with van der Waals surface area (Å²) < 4.78 is 1.15. The highest BCUT2D eigenvalue weighted by Crippen LogP contribution is 2.31. The van der Waals surface area contributed by atoms with E-state index in [1.54, 1.807) is 6.92 Å². The van der Waals surface area contributed by atoms with Crippen LogP contribution in [0.4, 0.5) is 0 Å².